The van der Waals surface area contributed by atoms with Gasteiger partial charge in [-0.05, 0) is 23.8 Å². The van der Waals surface area contributed by atoms with Crippen molar-refractivity contribution in [3.05, 3.63) is 28.7 Å². The molecule has 1 aromatic carbocycles. The second kappa shape index (κ2) is 9.39. The molecule has 1 aliphatic heterocycles. The van der Waals surface area contributed by atoms with E-state index in [1.165, 1.54) is 31.4 Å². The average molecular weight is 441 g/mol. The molecule has 1 unspecified atom stereocenters. The van der Waals surface area contributed by atoms with Crippen LogP contribution in [0.2, 0.25) is 0 Å². The van der Waals surface area contributed by atoms with Gasteiger partial charge < -0.3 is 24.8 Å². The van der Waals surface area contributed by atoms with E-state index in [-0.39, 0.29) is 20.7 Å². The van der Waals surface area contributed by atoms with E-state index in [0.29, 0.717) is 5.56 Å². The fourth-order valence-corrected chi connectivity index (χ4v) is 3.74. The van der Waals surface area contributed by atoms with Crippen molar-refractivity contribution in [1.82, 2.24) is 4.90 Å². The fourth-order valence-electron chi connectivity index (χ4n) is 2.39. The highest BCUT2D eigenvalue weighted by Crippen LogP contribution is 2.36. The van der Waals surface area contributed by atoms with Crippen molar-refractivity contribution in [2.75, 3.05) is 13.7 Å². The number of hydrogen-bond donors (Lipinski definition) is 3. The standard InChI is InChI=1S/C17H15NO9S2/c1-26-11-4-8(2-3-10(11)27-7-14(21)22)5-12-15(23)18(17(28)29-12)9(16(24)25)6-13(19)20/h2-5,9H,6-7H2,1H3,(H,19,20)(H,21,22)(H,24,25)/b12-5-. The zero-order chi connectivity index (χ0) is 21.7. The second-order valence-corrected chi connectivity index (χ2v) is 7.27. The summed E-state index contributed by atoms with van der Waals surface area (Å²) in [6.07, 6.45) is 0.640. The van der Waals surface area contributed by atoms with Gasteiger partial charge in [0.05, 0.1) is 18.4 Å². The minimum absolute atomic E-state index is 0.0664. The van der Waals surface area contributed by atoms with Crippen molar-refractivity contribution in [3.8, 4) is 11.5 Å². The van der Waals surface area contributed by atoms with Gasteiger partial charge in [0.2, 0.25) is 0 Å². The van der Waals surface area contributed by atoms with Crippen LogP contribution in [0.5, 0.6) is 11.5 Å². The summed E-state index contributed by atoms with van der Waals surface area (Å²) in [6.45, 7) is -0.561. The number of amides is 1. The molecular formula is C17H15NO9S2. The lowest BCUT2D eigenvalue weighted by atomic mass is 10.1. The Hall–Kier alpha value is -3.12. The van der Waals surface area contributed by atoms with E-state index >= 15 is 0 Å². The van der Waals surface area contributed by atoms with Crippen LogP contribution in [0.1, 0.15) is 12.0 Å². The molecular weight excluding hydrogens is 426 g/mol. The topological polar surface area (TPSA) is 151 Å². The van der Waals surface area contributed by atoms with Gasteiger partial charge >= 0.3 is 17.9 Å². The first-order chi connectivity index (χ1) is 13.6. The molecule has 1 aliphatic rings. The zero-order valence-corrected chi connectivity index (χ0v) is 16.5. The highest BCUT2D eigenvalue weighted by atomic mass is 32.2. The first kappa shape index (κ1) is 22.2. The van der Waals surface area contributed by atoms with Gasteiger partial charge in [-0.3, -0.25) is 14.5 Å². The van der Waals surface area contributed by atoms with Crippen molar-refractivity contribution in [1.29, 1.82) is 0 Å². The lowest BCUT2D eigenvalue weighted by Crippen LogP contribution is -2.45. The first-order valence-corrected chi connectivity index (χ1v) is 9.10. The van der Waals surface area contributed by atoms with Gasteiger partial charge in [0.25, 0.3) is 5.91 Å². The van der Waals surface area contributed by atoms with E-state index in [9.17, 15) is 24.3 Å². The van der Waals surface area contributed by atoms with Gasteiger partial charge in [-0.2, -0.15) is 0 Å². The Kier molecular flexibility index (Phi) is 7.18. The average Bonchev–Trinajstić information content (AvgIpc) is 2.91. The van der Waals surface area contributed by atoms with Crippen LogP contribution in [0.3, 0.4) is 0 Å². The molecule has 3 N–H and O–H groups in total. The number of carboxylic acid groups (broad SMARTS) is 3. The van der Waals surface area contributed by atoms with Gasteiger partial charge in [0, 0.05) is 0 Å². The smallest absolute Gasteiger partial charge is 0.341 e. The van der Waals surface area contributed by atoms with Crippen LogP contribution in [0.25, 0.3) is 6.08 Å². The van der Waals surface area contributed by atoms with Crippen LogP contribution in [-0.4, -0.2) is 68.1 Å². The molecule has 1 saturated heterocycles. The second-order valence-electron chi connectivity index (χ2n) is 5.60. The molecule has 29 heavy (non-hydrogen) atoms. The Morgan fingerprint density at radius 1 is 1.21 bits per heavy atom. The highest BCUT2D eigenvalue weighted by Gasteiger charge is 2.41. The summed E-state index contributed by atoms with van der Waals surface area (Å²) in [6, 6.07) is 2.87. The van der Waals surface area contributed by atoms with E-state index in [1.54, 1.807) is 0 Å². The Morgan fingerprint density at radius 3 is 2.45 bits per heavy atom. The summed E-state index contributed by atoms with van der Waals surface area (Å²) in [5.41, 5.74) is 0.482. The number of ether oxygens (including phenoxy) is 2. The number of aliphatic carboxylic acids is 3. The molecule has 0 bridgehead atoms. The Labute approximate surface area is 173 Å². The van der Waals surface area contributed by atoms with Crippen LogP contribution in [0.4, 0.5) is 0 Å². The van der Waals surface area contributed by atoms with Crippen molar-refractivity contribution in [3.63, 3.8) is 0 Å². The predicted molar refractivity (Wildman–Crippen MR) is 105 cm³/mol. The van der Waals surface area contributed by atoms with Gasteiger partial charge in [-0.25, -0.2) is 9.59 Å². The van der Waals surface area contributed by atoms with Crippen LogP contribution in [0.15, 0.2) is 23.1 Å². The number of rotatable bonds is 9. The summed E-state index contributed by atoms with van der Waals surface area (Å²) in [5.74, 6) is -4.33. The zero-order valence-electron chi connectivity index (χ0n) is 14.9. The molecule has 10 nitrogen and oxygen atoms in total. The molecule has 0 saturated carbocycles. The molecule has 1 amide bonds. The van der Waals surface area contributed by atoms with E-state index in [4.69, 9.17) is 31.9 Å². The number of benzene rings is 1. The van der Waals surface area contributed by atoms with Crippen LogP contribution < -0.4 is 9.47 Å². The van der Waals surface area contributed by atoms with Crippen LogP contribution in [-0.2, 0) is 19.2 Å². The maximum atomic E-state index is 12.6. The summed E-state index contributed by atoms with van der Waals surface area (Å²) < 4.78 is 10.2. The summed E-state index contributed by atoms with van der Waals surface area (Å²) in [4.78, 5) is 46.4. The Balaban J connectivity index is 2.29. The molecule has 0 radical (unpaired) electrons. The Bertz CT molecular complexity index is 912. The van der Waals surface area contributed by atoms with Crippen molar-refractivity contribution < 1.29 is 44.0 Å². The minimum atomic E-state index is -1.62. The molecule has 0 aromatic heterocycles. The molecule has 1 fully saturated rings. The number of hydrogen-bond acceptors (Lipinski definition) is 8. The highest BCUT2D eigenvalue weighted by molar-refractivity contribution is 8.26. The monoisotopic (exact) mass is 441 g/mol. The van der Waals surface area contributed by atoms with E-state index < -0.39 is 42.9 Å². The van der Waals surface area contributed by atoms with E-state index in [1.807, 2.05) is 0 Å². The molecule has 1 atom stereocenters. The first-order valence-electron chi connectivity index (χ1n) is 7.88. The largest absolute Gasteiger partial charge is 0.493 e. The SMILES string of the molecule is COc1cc(/C=C2\SC(=S)N(C(CC(=O)O)C(=O)O)C2=O)ccc1OCC(=O)O. The quantitative estimate of drug-likeness (QED) is 0.375. The number of carbonyl (C=O) groups is 4. The maximum Gasteiger partial charge on any atom is 0.341 e. The summed E-state index contributed by atoms with van der Waals surface area (Å²) in [5, 5.41) is 26.9. The van der Waals surface area contributed by atoms with Gasteiger partial charge in [0.15, 0.2) is 18.1 Å². The normalized spacial score (nSPS) is 16.0. The lowest BCUT2D eigenvalue weighted by Gasteiger charge is -2.21. The fraction of sp³-hybridized carbons (Fsp3) is 0.235. The van der Waals surface area contributed by atoms with Crippen LogP contribution in [0, 0.1) is 0 Å². The predicted octanol–water partition coefficient (Wildman–Crippen LogP) is 1.29. The maximum absolute atomic E-state index is 12.6. The third kappa shape index (κ3) is 5.45. The molecule has 0 spiro atoms. The number of methoxy groups -OCH3 is 1. The molecule has 1 heterocycles. The number of carboxylic acids is 3. The van der Waals surface area contributed by atoms with Crippen LogP contribution >= 0.6 is 24.0 Å². The third-order valence-corrected chi connectivity index (χ3v) is 4.96. The number of thiocarbonyl (C=S) groups is 1. The molecule has 2 rings (SSSR count). The summed E-state index contributed by atoms with van der Waals surface area (Å²) in [7, 11) is 1.36. The van der Waals surface area contributed by atoms with E-state index in [0.717, 1.165) is 16.7 Å². The summed E-state index contributed by atoms with van der Waals surface area (Å²) >= 11 is 5.90. The molecule has 154 valence electrons. The number of nitrogens with zero attached hydrogens (tertiary/aromatic N) is 1. The molecule has 1 aromatic rings. The van der Waals surface area contributed by atoms with Gasteiger partial charge in [-0.1, -0.05) is 30.0 Å². The third-order valence-electron chi connectivity index (χ3n) is 3.62. The van der Waals surface area contributed by atoms with Gasteiger partial charge in [-0.15, -0.1) is 0 Å². The molecule has 12 heteroatoms. The minimum Gasteiger partial charge on any atom is -0.493 e. The van der Waals surface area contributed by atoms with Crippen molar-refractivity contribution in [2.24, 2.45) is 0 Å². The number of carbonyl (C=O) groups excluding carboxylic acids is 1. The van der Waals surface area contributed by atoms with Crippen molar-refractivity contribution in [2.45, 2.75) is 12.5 Å². The molecule has 0 aliphatic carbocycles. The lowest BCUT2D eigenvalue weighted by molar-refractivity contribution is -0.150. The number of thioether (sulfide) groups is 1. The van der Waals surface area contributed by atoms with Crippen molar-refractivity contribution >= 4 is 58.2 Å². The van der Waals surface area contributed by atoms with E-state index in [2.05, 4.69) is 0 Å². The van der Waals surface area contributed by atoms with Gasteiger partial charge in [0.1, 0.15) is 10.4 Å². The Morgan fingerprint density at radius 2 is 1.90 bits per heavy atom.